The lowest BCUT2D eigenvalue weighted by molar-refractivity contribution is -0.400. The lowest BCUT2D eigenvalue weighted by atomic mass is 10.0. The fraction of sp³-hybridized carbons (Fsp3) is 0. The van der Waals surface area contributed by atoms with Crippen LogP contribution >= 0.6 is 0 Å². The van der Waals surface area contributed by atoms with Gasteiger partial charge in [-0.05, 0) is 35.4 Å². The molecule has 3 rings (SSSR count). The topological polar surface area (TPSA) is 58.9 Å². The van der Waals surface area contributed by atoms with Gasteiger partial charge in [0.15, 0.2) is 0 Å². The Morgan fingerprint density at radius 2 is 1.81 bits per heavy atom. The molecule has 0 spiro atoms. The largest absolute Gasteiger partial charge is 0.361 e. The third kappa shape index (κ3) is 2.67. The number of rotatable bonds is 3. The molecular formula is C16H11FN2O2. The maximum atomic E-state index is 13.0. The molecule has 2 aromatic carbocycles. The van der Waals surface area contributed by atoms with Crippen LogP contribution in [0.5, 0.6) is 0 Å². The van der Waals surface area contributed by atoms with Gasteiger partial charge in [-0.2, -0.15) is 0 Å². The van der Waals surface area contributed by atoms with Gasteiger partial charge in [-0.1, -0.05) is 18.2 Å². The average Bonchev–Trinajstić information content (AvgIpc) is 2.88. The summed E-state index contributed by atoms with van der Waals surface area (Å²) in [4.78, 5) is 13.0. The van der Waals surface area contributed by atoms with Crippen molar-refractivity contribution < 1.29 is 9.31 Å². The minimum Gasteiger partial charge on any atom is -0.361 e. The first-order valence-corrected chi connectivity index (χ1v) is 6.32. The van der Waals surface area contributed by atoms with E-state index < -0.39 is 4.92 Å². The number of nitrogens with one attached hydrogen (secondary N) is 1. The van der Waals surface area contributed by atoms with Gasteiger partial charge in [-0.25, -0.2) is 4.39 Å². The standard InChI is InChI=1S/C16H11FN2O2/c17-14-4-1-11(2-5-14)12-3-6-16-15(9-12)13(10-18-16)7-8-19(20)21/h1-10,18H. The fourth-order valence-electron chi connectivity index (χ4n) is 2.24. The van der Waals surface area contributed by atoms with E-state index in [1.165, 1.54) is 18.2 Å². The van der Waals surface area contributed by atoms with Gasteiger partial charge < -0.3 is 4.98 Å². The summed E-state index contributed by atoms with van der Waals surface area (Å²) in [5.41, 5.74) is 3.45. The molecule has 104 valence electrons. The minimum atomic E-state index is -0.497. The molecule has 0 saturated carbocycles. The maximum absolute atomic E-state index is 13.0. The van der Waals surface area contributed by atoms with Crippen molar-refractivity contribution in [3.05, 3.63) is 76.4 Å². The molecule has 3 aromatic rings. The minimum absolute atomic E-state index is 0.281. The quantitative estimate of drug-likeness (QED) is 0.577. The Morgan fingerprint density at radius 1 is 1.10 bits per heavy atom. The summed E-state index contributed by atoms with van der Waals surface area (Å²) >= 11 is 0. The number of hydrogen-bond donors (Lipinski definition) is 1. The highest BCUT2D eigenvalue weighted by atomic mass is 19.1. The zero-order valence-corrected chi connectivity index (χ0v) is 10.9. The molecule has 0 bridgehead atoms. The second kappa shape index (κ2) is 5.20. The highest BCUT2D eigenvalue weighted by Gasteiger charge is 2.05. The van der Waals surface area contributed by atoms with E-state index in [0.717, 1.165) is 33.8 Å². The first-order valence-electron chi connectivity index (χ1n) is 6.32. The van der Waals surface area contributed by atoms with Crippen molar-refractivity contribution in [2.24, 2.45) is 0 Å². The van der Waals surface area contributed by atoms with Crippen LogP contribution in [0.4, 0.5) is 4.39 Å². The Balaban J connectivity index is 2.08. The number of nitrogens with zero attached hydrogens (tertiary/aromatic N) is 1. The van der Waals surface area contributed by atoms with Crippen molar-refractivity contribution in [3.8, 4) is 11.1 Å². The molecule has 0 aliphatic carbocycles. The highest BCUT2D eigenvalue weighted by molar-refractivity contribution is 5.92. The Labute approximate surface area is 119 Å². The van der Waals surface area contributed by atoms with Crippen LogP contribution in [0.1, 0.15) is 5.56 Å². The molecule has 0 saturated heterocycles. The van der Waals surface area contributed by atoms with Crippen LogP contribution < -0.4 is 0 Å². The van der Waals surface area contributed by atoms with Gasteiger partial charge >= 0.3 is 0 Å². The first-order chi connectivity index (χ1) is 10.1. The SMILES string of the molecule is O=[N+]([O-])C=Cc1c[nH]c2ccc(-c3ccc(F)cc3)cc12. The molecule has 0 radical (unpaired) electrons. The maximum Gasteiger partial charge on any atom is 0.235 e. The molecule has 21 heavy (non-hydrogen) atoms. The Hall–Kier alpha value is -2.95. The first kappa shape index (κ1) is 13.1. The van der Waals surface area contributed by atoms with E-state index in [1.807, 2.05) is 18.2 Å². The van der Waals surface area contributed by atoms with E-state index in [1.54, 1.807) is 18.3 Å². The highest BCUT2D eigenvalue weighted by Crippen LogP contribution is 2.27. The van der Waals surface area contributed by atoms with Crippen LogP contribution in [0, 0.1) is 15.9 Å². The number of aromatic nitrogens is 1. The van der Waals surface area contributed by atoms with Crippen LogP contribution in [0.25, 0.3) is 28.1 Å². The summed E-state index contributed by atoms with van der Waals surface area (Å²) in [6.07, 6.45) is 4.08. The van der Waals surface area contributed by atoms with E-state index >= 15 is 0 Å². The summed E-state index contributed by atoms with van der Waals surface area (Å²) < 4.78 is 13.0. The zero-order chi connectivity index (χ0) is 14.8. The van der Waals surface area contributed by atoms with Gasteiger partial charge in [0.05, 0.1) is 4.92 Å². The second-order valence-electron chi connectivity index (χ2n) is 4.61. The van der Waals surface area contributed by atoms with Crippen molar-refractivity contribution in [2.45, 2.75) is 0 Å². The Kier molecular flexibility index (Phi) is 3.23. The van der Waals surface area contributed by atoms with E-state index in [0.29, 0.717) is 0 Å². The zero-order valence-electron chi connectivity index (χ0n) is 10.9. The van der Waals surface area contributed by atoms with Gasteiger partial charge in [-0.15, -0.1) is 0 Å². The Morgan fingerprint density at radius 3 is 2.52 bits per heavy atom. The van der Waals surface area contributed by atoms with Crippen LogP contribution in [0.3, 0.4) is 0 Å². The lowest BCUT2D eigenvalue weighted by Crippen LogP contribution is -1.82. The fourth-order valence-corrected chi connectivity index (χ4v) is 2.24. The summed E-state index contributed by atoms with van der Waals surface area (Å²) in [7, 11) is 0. The number of benzene rings is 2. The molecule has 0 aliphatic heterocycles. The summed E-state index contributed by atoms with van der Waals surface area (Å²) in [6, 6.07) is 12.0. The smallest absolute Gasteiger partial charge is 0.235 e. The van der Waals surface area contributed by atoms with Crippen LogP contribution in [0.2, 0.25) is 0 Å². The number of H-pyrrole nitrogens is 1. The molecule has 0 atom stereocenters. The predicted molar refractivity (Wildman–Crippen MR) is 79.7 cm³/mol. The number of fused-ring (bicyclic) bond motifs is 1. The normalized spacial score (nSPS) is 11.3. The molecule has 5 heteroatoms. The molecule has 0 amide bonds. The van der Waals surface area contributed by atoms with Crippen LogP contribution in [-0.2, 0) is 0 Å². The monoisotopic (exact) mass is 282 g/mol. The van der Waals surface area contributed by atoms with Crippen molar-refractivity contribution in [1.29, 1.82) is 0 Å². The van der Waals surface area contributed by atoms with E-state index in [-0.39, 0.29) is 5.82 Å². The van der Waals surface area contributed by atoms with Crippen molar-refractivity contribution in [1.82, 2.24) is 4.98 Å². The Bertz CT molecular complexity index is 835. The number of hydrogen-bond acceptors (Lipinski definition) is 2. The number of halogens is 1. The second-order valence-corrected chi connectivity index (χ2v) is 4.61. The van der Waals surface area contributed by atoms with Gasteiger partial charge in [-0.3, -0.25) is 10.1 Å². The van der Waals surface area contributed by atoms with Gasteiger partial charge in [0.2, 0.25) is 6.20 Å². The van der Waals surface area contributed by atoms with Crippen LogP contribution in [0.15, 0.2) is 54.9 Å². The number of nitro groups is 1. The van der Waals surface area contributed by atoms with E-state index in [4.69, 9.17) is 0 Å². The third-order valence-electron chi connectivity index (χ3n) is 3.27. The molecule has 0 unspecified atom stereocenters. The van der Waals surface area contributed by atoms with Gasteiger partial charge in [0.1, 0.15) is 5.82 Å². The van der Waals surface area contributed by atoms with Crippen molar-refractivity contribution >= 4 is 17.0 Å². The molecule has 1 heterocycles. The average molecular weight is 282 g/mol. The molecular weight excluding hydrogens is 271 g/mol. The molecule has 0 aliphatic rings. The summed E-state index contributed by atoms with van der Waals surface area (Å²) in [5, 5.41) is 11.3. The third-order valence-corrected chi connectivity index (χ3v) is 3.27. The summed E-state index contributed by atoms with van der Waals surface area (Å²) in [6.45, 7) is 0. The lowest BCUT2D eigenvalue weighted by Gasteiger charge is -2.02. The van der Waals surface area contributed by atoms with E-state index in [9.17, 15) is 14.5 Å². The summed E-state index contributed by atoms with van der Waals surface area (Å²) in [5.74, 6) is -0.281. The van der Waals surface area contributed by atoms with Crippen molar-refractivity contribution in [2.75, 3.05) is 0 Å². The van der Waals surface area contributed by atoms with Crippen LogP contribution in [-0.4, -0.2) is 9.91 Å². The molecule has 4 nitrogen and oxygen atoms in total. The van der Waals surface area contributed by atoms with E-state index in [2.05, 4.69) is 4.98 Å². The number of aromatic amines is 1. The predicted octanol–water partition coefficient (Wildman–Crippen LogP) is 4.22. The van der Waals surface area contributed by atoms with Gasteiger partial charge in [0, 0.05) is 28.7 Å². The molecule has 1 N–H and O–H groups in total. The molecule has 0 fully saturated rings. The van der Waals surface area contributed by atoms with Crippen molar-refractivity contribution in [3.63, 3.8) is 0 Å². The van der Waals surface area contributed by atoms with Gasteiger partial charge in [0.25, 0.3) is 0 Å². The molecule has 1 aromatic heterocycles.